The molecular formula is C20H21NO3. The topological polar surface area (TPSA) is 57.6 Å². The Morgan fingerprint density at radius 3 is 2.67 bits per heavy atom. The molecule has 0 radical (unpaired) electrons. The van der Waals surface area contributed by atoms with E-state index in [0.29, 0.717) is 19.5 Å². The predicted octanol–water partition coefficient (Wildman–Crippen LogP) is 3.27. The van der Waals surface area contributed by atoms with Crippen LogP contribution in [0.3, 0.4) is 0 Å². The SMILES string of the molecule is O=C(O)[C@H]1CCCN(C(=O)[C@H]2C[C@@H]2c2ccc3ccccc3c2)C1. The molecule has 2 aromatic carbocycles. The lowest BCUT2D eigenvalue weighted by Gasteiger charge is -2.31. The van der Waals surface area contributed by atoms with Crippen molar-refractivity contribution in [3.63, 3.8) is 0 Å². The monoisotopic (exact) mass is 323 g/mol. The molecule has 2 aromatic rings. The van der Waals surface area contributed by atoms with Gasteiger partial charge >= 0.3 is 5.97 Å². The number of carbonyl (C=O) groups excluding carboxylic acids is 1. The number of benzene rings is 2. The summed E-state index contributed by atoms with van der Waals surface area (Å²) in [5.41, 5.74) is 1.22. The van der Waals surface area contributed by atoms with E-state index in [-0.39, 0.29) is 17.7 Å². The van der Waals surface area contributed by atoms with Gasteiger partial charge in [-0.1, -0.05) is 42.5 Å². The van der Waals surface area contributed by atoms with Gasteiger partial charge in [-0.15, -0.1) is 0 Å². The summed E-state index contributed by atoms with van der Waals surface area (Å²) in [6, 6.07) is 14.7. The number of hydrogen-bond acceptors (Lipinski definition) is 2. The summed E-state index contributed by atoms with van der Waals surface area (Å²) in [4.78, 5) is 25.7. The van der Waals surface area contributed by atoms with Crippen molar-refractivity contribution in [1.29, 1.82) is 0 Å². The molecule has 1 aliphatic carbocycles. The third-order valence-electron chi connectivity index (χ3n) is 5.39. The van der Waals surface area contributed by atoms with Gasteiger partial charge in [0.05, 0.1) is 5.92 Å². The van der Waals surface area contributed by atoms with E-state index in [4.69, 9.17) is 0 Å². The van der Waals surface area contributed by atoms with E-state index in [0.717, 1.165) is 12.8 Å². The van der Waals surface area contributed by atoms with Crippen molar-refractivity contribution in [3.05, 3.63) is 48.0 Å². The Morgan fingerprint density at radius 1 is 1.08 bits per heavy atom. The van der Waals surface area contributed by atoms with Crippen LogP contribution >= 0.6 is 0 Å². The summed E-state index contributed by atoms with van der Waals surface area (Å²) >= 11 is 0. The summed E-state index contributed by atoms with van der Waals surface area (Å²) in [5.74, 6) is -0.736. The first-order valence-electron chi connectivity index (χ1n) is 8.64. The largest absolute Gasteiger partial charge is 0.481 e. The van der Waals surface area contributed by atoms with E-state index in [1.165, 1.54) is 16.3 Å². The van der Waals surface area contributed by atoms with Gasteiger partial charge in [-0.3, -0.25) is 9.59 Å². The number of fused-ring (bicyclic) bond motifs is 1. The lowest BCUT2D eigenvalue weighted by molar-refractivity contribution is -0.146. The fourth-order valence-electron chi connectivity index (χ4n) is 3.89. The number of carboxylic acid groups (broad SMARTS) is 1. The van der Waals surface area contributed by atoms with Gasteiger partial charge < -0.3 is 10.0 Å². The van der Waals surface area contributed by atoms with E-state index in [9.17, 15) is 14.7 Å². The van der Waals surface area contributed by atoms with E-state index in [1.807, 2.05) is 12.1 Å². The van der Waals surface area contributed by atoms with Crippen LogP contribution in [0.25, 0.3) is 10.8 Å². The number of hydrogen-bond donors (Lipinski definition) is 1. The molecule has 2 aliphatic rings. The molecule has 124 valence electrons. The molecule has 1 amide bonds. The van der Waals surface area contributed by atoms with Crippen molar-refractivity contribution in [3.8, 4) is 0 Å². The van der Waals surface area contributed by atoms with Gasteiger partial charge in [-0.05, 0) is 41.5 Å². The van der Waals surface area contributed by atoms with Crippen molar-refractivity contribution < 1.29 is 14.7 Å². The molecule has 1 heterocycles. The first-order valence-corrected chi connectivity index (χ1v) is 8.64. The minimum absolute atomic E-state index is 0.0266. The molecule has 1 aliphatic heterocycles. The second kappa shape index (κ2) is 5.93. The Balaban J connectivity index is 1.46. The number of nitrogens with zero attached hydrogens (tertiary/aromatic N) is 1. The van der Waals surface area contributed by atoms with Crippen LogP contribution < -0.4 is 0 Å². The Labute approximate surface area is 141 Å². The third-order valence-corrected chi connectivity index (χ3v) is 5.39. The highest BCUT2D eigenvalue weighted by molar-refractivity contribution is 5.86. The van der Waals surface area contributed by atoms with Crippen LogP contribution in [-0.4, -0.2) is 35.0 Å². The van der Waals surface area contributed by atoms with Gasteiger partial charge in [0, 0.05) is 19.0 Å². The lowest BCUT2D eigenvalue weighted by atomic mass is 9.97. The average molecular weight is 323 g/mol. The zero-order chi connectivity index (χ0) is 16.7. The fraction of sp³-hybridized carbons (Fsp3) is 0.400. The first-order chi connectivity index (χ1) is 11.6. The number of aliphatic carboxylic acids is 1. The molecule has 2 fully saturated rings. The lowest BCUT2D eigenvalue weighted by Crippen LogP contribution is -2.43. The van der Waals surface area contributed by atoms with Gasteiger partial charge in [0.15, 0.2) is 0 Å². The van der Waals surface area contributed by atoms with Crippen LogP contribution in [0, 0.1) is 11.8 Å². The molecule has 0 spiro atoms. The van der Waals surface area contributed by atoms with Gasteiger partial charge in [-0.25, -0.2) is 0 Å². The summed E-state index contributed by atoms with van der Waals surface area (Å²) in [5, 5.41) is 11.6. The smallest absolute Gasteiger partial charge is 0.308 e. The Morgan fingerprint density at radius 2 is 1.88 bits per heavy atom. The van der Waals surface area contributed by atoms with Crippen LogP contribution in [0.1, 0.15) is 30.7 Å². The van der Waals surface area contributed by atoms with Crippen LogP contribution in [-0.2, 0) is 9.59 Å². The molecule has 4 nitrogen and oxygen atoms in total. The van der Waals surface area contributed by atoms with Gasteiger partial charge in [0.25, 0.3) is 0 Å². The van der Waals surface area contributed by atoms with Gasteiger partial charge in [0.2, 0.25) is 5.91 Å². The summed E-state index contributed by atoms with van der Waals surface area (Å²) in [6.07, 6.45) is 2.35. The fourth-order valence-corrected chi connectivity index (χ4v) is 3.89. The van der Waals surface area contributed by atoms with E-state index < -0.39 is 11.9 Å². The van der Waals surface area contributed by atoms with Crippen molar-refractivity contribution in [2.75, 3.05) is 13.1 Å². The minimum atomic E-state index is -0.783. The molecule has 1 saturated carbocycles. The molecule has 24 heavy (non-hydrogen) atoms. The van der Waals surface area contributed by atoms with Crippen molar-refractivity contribution in [2.45, 2.75) is 25.2 Å². The first kappa shape index (κ1) is 15.2. The second-order valence-corrected chi connectivity index (χ2v) is 7.02. The summed E-state index contributed by atoms with van der Waals surface area (Å²) < 4.78 is 0. The van der Waals surface area contributed by atoms with E-state index in [1.54, 1.807) is 4.90 Å². The molecule has 3 atom stereocenters. The quantitative estimate of drug-likeness (QED) is 0.943. The van der Waals surface area contributed by atoms with Crippen LogP contribution in [0.15, 0.2) is 42.5 Å². The highest BCUT2D eigenvalue weighted by Crippen LogP contribution is 2.49. The van der Waals surface area contributed by atoms with Crippen molar-refractivity contribution in [2.24, 2.45) is 11.8 Å². The zero-order valence-electron chi connectivity index (χ0n) is 13.5. The standard InChI is InChI=1S/C20H21NO3/c22-19(21-9-3-6-16(12-21)20(23)24)18-11-17(18)15-8-7-13-4-1-2-5-14(13)10-15/h1-2,4-5,7-8,10,16-18H,3,6,9,11-12H2,(H,23,24)/t16-,17+,18-/m0/s1. The maximum atomic E-state index is 12.7. The Hall–Kier alpha value is -2.36. The van der Waals surface area contributed by atoms with E-state index in [2.05, 4.69) is 30.3 Å². The maximum Gasteiger partial charge on any atom is 0.308 e. The van der Waals surface area contributed by atoms with Crippen molar-refractivity contribution in [1.82, 2.24) is 4.90 Å². The minimum Gasteiger partial charge on any atom is -0.481 e. The molecular weight excluding hydrogens is 302 g/mol. The van der Waals surface area contributed by atoms with Gasteiger partial charge in [-0.2, -0.15) is 0 Å². The Kier molecular flexibility index (Phi) is 3.75. The van der Waals surface area contributed by atoms with Crippen LogP contribution in [0.5, 0.6) is 0 Å². The molecule has 0 unspecified atom stereocenters. The number of likely N-dealkylation sites (tertiary alicyclic amines) is 1. The van der Waals surface area contributed by atoms with E-state index >= 15 is 0 Å². The molecule has 4 heteroatoms. The number of amides is 1. The zero-order valence-corrected chi connectivity index (χ0v) is 13.5. The predicted molar refractivity (Wildman–Crippen MR) is 91.7 cm³/mol. The average Bonchev–Trinajstić information content (AvgIpc) is 3.41. The number of carboxylic acids is 1. The number of piperidine rings is 1. The van der Waals surface area contributed by atoms with Crippen LogP contribution in [0.2, 0.25) is 0 Å². The second-order valence-electron chi connectivity index (χ2n) is 7.02. The number of carbonyl (C=O) groups is 2. The summed E-state index contributed by atoms with van der Waals surface area (Å²) in [6.45, 7) is 1.07. The van der Waals surface area contributed by atoms with Crippen molar-refractivity contribution >= 4 is 22.6 Å². The molecule has 1 N–H and O–H groups in total. The maximum absolute atomic E-state index is 12.7. The normalized spacial score (nSPS) is 26.3. The molecule has 1 saturated heterocycles. The third kappa shape index (κ3) is 2.77. The molecule has 4 rings (SSSR count). The highest BCUT2D eigenvalue weighted by atomic mass is 16.4. The highest BCUT2D eigenvalue weighted by Gasteiger charge is 2.46. The summed E-state index contributed by atoms with van der Waals surface area (Å²) in [7, 11) is 0. The van der Waals surface area contributed by atoms with Crippen LogP contribution in [0.4, 0.5) is 0 Å². The Bertz CT molecular complexity index is 800. The molecule has 0 bridgehead atoms. The molecule has 0 aromatic heterocycles. The number of rotatable bonds is 3. The van der Waals surface area contributed by atoms with Gasteiger partial charge in [0.1, 0.15) is 0 Å².